The van der Waals surface area contributed by atoms with Gasteiger partial charge in [-0.15, -0.1) is 0 Å². The summed E-state index contributed by atoms with van der Waals surface area (Å²) in [6.45, 7) is 0. The summed E-state index contributed by atoms with van der Waals surface area (Å²) in [6, 6.07) is 4.98. The number of nitro benzene ring substituents is 1. The van der Waals surface area contributed by atoms with Gasteiger partial charge in [-0.1, -0.05) is 0 Å². The number of hydrogen-bond donors (Lipinski definition) is 1. The van der Waals surface area contributed by atoms with Gasteiger partial charge in [-0.2, -0.15) is 0 Å². The Kier molecular flexibility index (Phi) is 3.33. The van der Waals surface area contributed by atoms with Gasteiger partial charge in [-0.05, 0) is 0 Å². The summed E-state index contributed by atoms with van der Waals surface area (Å²) in [7, 11) is 0. The average molecular weight is 293 g/mol. The first kappa shape index (κ1) is 10.1. The topological polar surface area (TPSA) is 89.7 Å². The molecule has 0 amide bonds. The van der Waals surface area contributed by atoms with Crippen molar-refractivity contribution >= 4 is 26.7 Å². The second-order valence-electron chi connectivity index (χ2n) is 2.08. The molecule has 0 saturated heterocycles. The number of hydrogen-bond acceptors (Lipinski definition) is 4. The molecule has 0 saturated carbocycles. The molecule has 0 unspecified atom stereocenters. The van der Waals surface area contributed by atoms with Crippen LogP contribution in [0.1, 0.15) is 0 Å². The zero-order valence-corrected chi connectivity index (χ0v) is 8.84. The standard InChI is InChI=1S/C6H5NO3.H2O.O.Sb/c8-6-3-1-5(2-4-6)7(9)10;;;/h1-4,8H;1H2;;/q;;;+2/p-2. The van der Waals surface area contributed by atoms with Gasteiger partial charge in [0.25, 0.3) is 0 Å². The van der Waals surface area contributed by atoms with Crippen LogP contribution in [-0.2, 0) is 3.02 Å². The minimum absolute atomic E-state index is 0.0836. The van der Waals surface area contributed by atoms with E-state index < -0.39 is 26.0 Å². The Balaban J connectivity index is 2.81. The van der Waals surface area contributed by atoms with Crippen molar-refractivity contribution in [1.82, 2.24) is 0 Å². The van der Waals surface area contributed by atoms with Crippen molar-refractivity contribution in [1.29, 1.82) is 0 Å². The van der Waals surface area contributed by atoms with E-state index in [4.69, 9.17) is 3.39 Å². The molecule has 13 heavy (non-hydrogen) atoms. The van der Waals surface area contributed by atoms with Crippen LogP contribution >= 0.6 is 0 Å². The van der Waals surface area contributed by atoms with Crippen molar-refractivity contribution in [3.8, 4) is 5.75 Å². The summed E-state index contributed by atoms with van der Waals surface area (Å²) in [4.78, 5) is 9.64. The Morgan fingerprint density at radius 3 is 2.31 bits per heavy atom. The van der Waals surface area contributed by atoms with Crippen LogP contribution in [0, 0.1) is 10.1 Å². The van der Waals surface area contributed by atoms with Crippen molar-refractivity contribution in [2.45, 2.75) is 0 Å². The monoisotopic (exact) mass is 292 g/mol. The Hall–Kier alpha value is -1.00. The predicted octanol–water partition coefficient (Wildman–Crippen LogP) is 0.381. The fourth-order valence-electron chi connectivity index (χ4n) is 0.719. The Bertz CT molecular complexity index is 335. The van der Waals surface area contributed by atoms with Crippen LogP contribution in [0.2, 0.25) is 0 Å². The molecule has 1 radical (unpaired) electrons. The number of nitro groups is 1. The molecule has 69 valence electrons. The van der Waals surface area contributed by atoms with Crippen LogP contribution < -0.4 is 3.02 Å². The van der Waals surface area contributed by atoms with E-state index in [1.807, 2.05) is 0 Å². The summed E-state index contributed by atoms with van der Waals surface area (Å²) in [5, 5.41) is 10.2. The van der Waals surface area contributed by atoms with Crippen molar-refractivity contribution in [2.24, 2.45) is 0 Å². The maximum absolute atomic E-state index is 10.3. The molecule has 0 spiro atoms. The van der Waals surface area contributed by atoms with Crippen molar-refractivity contribution in [2.75, 3.05) is 0 Å². The van der Waals surface area contributed by atoms with E-state index in [9.17, 15) is 13.1 Å². The molecule has 1 rings (SSSR count). The van der Waals surface area contributed by atoms with Gasteiger partial charge in [0.05, 0.1) is 0 Å². The zero-order chi connectivity index (χ0) is 9.84. The van der Waals surface area contributed by atoms with E-state index in [-0.39, 0.29) is 11.4 Å². The normalized spacial score (nSPS) is 9.31. The van der Waals surface area contributed by atoms with Crippen molar-refractivity contribution in [3.63, 3.8) is 0 Å². The predicted molar refractivity (Wildman–Crippen MR) is 42.4 cm³/mol. The molecule has 1 aromatic carbocycles. The van der Waals surface area contributed by atoms with Gasteiger partial charge < -0.3 is 0 Å². The van der Waals surface area contributed by atoms with E-state index in [2.05, 4.69) is 3.02 Å². The van der Waals surface area contributed by atoms with Gasteiger partial charge in [0.1, 0.15) is 0 Å². The van der Waals surface area contributed by atoms with Gasteiger partial charge >= 0.3 is 81.2 Å². The zero-order valence-electron chi connectivity index (χ0n) is 6.28. The number of non-ortho nitro benzene ring substituents is 1. The van der Waals surface area contributed by atoms with Gasteiger partial charge in [-0.25, -0.2) is 0 Å². The van der Waals surface area contributed by atoms with Gasteiger partial charge in [0, 0.05) is 0 Å². The molecule has 0 aromatic heterocycles. The molecule has 0 aliphatic carbocycles. The number of rotatable bonds is 3. The first-order valence-electron chi connectivity index (χ1n) is 3.18. The molecule has 0 heterocycles. The first-order valence-corrected chi connectivity index (χ1v) is 6.41. The third-order valence-corrected chi connectivity index (χ3v) is 2.28. The molecule has 0 aliphatic rings. The SMILES string of the molecule is O=[N+]([O-])c1ccc([O][Sb](=[O])[OH])cc1. The summed E-state index contributed by atoms with van der Waals surface area (Å²) >= 11 is -3.74. The second kappa shape index (κ2) is 4.30. The van der Waals surface area contributed by atoms with Gasteiger partial charge in [-0.3, -0.25) is 0 Å². The summed E-state index contributed by atoms with van der Waals surface area (Å²) in [5.41, 5.74) is -0.0836. The van der Waals surface area contributed by atoms with E-state index >= 15 is 0 Å². The van der Waals surface area contributed by atoms with Crippen molar-refractivity contribution < 1.29 is 14.3 Å². The minimum atomic E-state index is -3.74. The Morgan fingerprint density at radius 1 is 1.38 bits per heavy atom. The summed E-state index contributed by atoms with van der Waals surface area (Å²) in [6.07, 6.45) is 0. The van der Waals surface area contributed by atoms with Crippen LogP contribution in [0.25, 0.3) is 0 Å². The second-order valence-corrected chi connectivity index (χ2v) is 3.96. The average Bonchev–Trinajstić information content (AvgIpc) is 2.04. The van der Waals surface area contributed by atoms with Crippen LogP contribution in [0.5, 0.6) is 5.75 Å². The molecule has 6 nitrogen and oxygen atoms in total. The molecule has 1 N–H and O–H groups in total. The molecule has 0 atom stereocenters. The Morgan fingerprint density at radius 2 is 1.92 bits per heavy atom. The molecular weight excluding hydrogens is 288 g/mol. The third-order valence-electron chi connectivity index (χ3n) is 1.23. The molecule has 1 aromatic rings. The molecular formula is C6H5NO5Sb. The third kappa shape index (κ3) is 3.08. The quantitative estimate of drug-likeness (QED) is 0.494. The fourth-order valence-corrected chi connectivity index (χ4v) is 1.58. The van der Waals surface area contributed by atoms with E-state index in [1.165, 1.54) is 24.3 Å². The molecule has 7 heteroatoms. The number of benzene rings is 1. The van der Waals surface area contributed by atoms with Crippen LogP contribution in [0.4, 0.5) is 5.69 Å². The fraction of sp³-hybridized carbons (Fsp3) is 0. The van der Waals surface area contributed by atoms with Gasteiger partial charge in [0.15, 0.2) is 0 Å². The van der Waals surface area contributed by atoms with E-state index in [0.29, 0.717) is 0 Å². The molecule has 0 bridgehead atoms. The van der Waals surface area contributed by atoms with Crippen LogP contribution in [-0.4, -0.2) is 29.3 Å². The van der Waals surface area contributed by atoms with E-state index in [1.54, 1.807) is 0 Å². The Labute approximate surface area is 81.4 Å². The number of nitrogens with zero attached hydrogens (tertiary/aromatic N) is 1. The summed E-state index contributed by atoms with van der Waals surface area (Å²) in [5.74, 6) is 0.172. The maximum atomic E-state index is 10.3. The molecule has 0 fully saturated rings. The van der Waals surface area contributed by atoms with E-state index in [0.717, 1.165) is 0 Å². The van der Waals surface area contributed by atoms with Crippen LogP contribution in [0.3, 0.4) is 0 Å². The van der Waals surface area contributed by atoms with Gasteiger partial charge in [0.2, 0.25) is 0 Å². The van der Waals surface area contributed by atoms with Crippen LogP contribution in [0.15, 0.2) is 24.3 Å². The molecule has 0 aliphatic heterocycles. The summed E-state index contributed by atoms with van der Waals surface area (Å²) < 4.78 is 23.3. The first-order chi connectivity index (χ1) is 6.09. The van der Waals surface area contributed by atoms with Crippen molar-refractivity contribution in [3.05, 3.63) is 34.4 Å².